The Morgan fingerprint density at radius 2 is 1.80 bits per heavy atom. The van der Waals surface area contributed by atoms with Gasteiger partial charge in [-0.1, -0.05) is 6.07 Å². The third-order valence-corrected chi connectivity index (χ3v) is 3.08. The van der Waals surface area contributed by atoms with Gasteiger partial charge in [-0.05, 0) is 34.1 Å². The van der Waals surface area contributed by atoms with Crippen LogP contribution in [0.25, 0.3) is 0 Å². The first kappa shape index (κ1) is 14.4. The predicted octanol–water partition coefficient (Wildman–Crippen LogP) is 3.82. The van der Waals surface area contributed by atoms with E-state index < -0.39 is 34.7 Å². The quantitative estimate of drug-likeness (QED) is 0.813. The van der Waals surface area contributed by atoms with Crippen molar-refractivity contribution in [2.24, 2.45) is 0 Å². The Kier molecular flexibility index (Phi) is 3.99. The van der Waals surface area contributed by atoms with Crippen LogP contribution in [0.1, 0.15) is 10.4 Å². The highest BCUT2D eigenvalue weighted by atomic mass is 79.9. The van der Waals surface area contributed by atoms with Gasteiger partial charge in [0.1, 0.15) is 28.8 Å². The van der Waals surface area contributed by atoms with Crippen LogP contribution in [0.4, 0.5) is 18.9 Å². The number of hydrogen-bond acceptors (Lipinski definition) is 2. The van der Waals surface area contributed by atoms with Crippen LogP contribution in [0.2, 0.25) is 0 Å². The Morgan fingerprint density at radius 1 is 1.10 bits per heavy atom. The maximum absolute atomic E-state index is 13.5. The van der Waals surface area contributed by atoms with E-state index in [-0.39, 0.29) is 10.2 Å². The summed E-state index contributed by atoms with van der Waals surface area (Å²) in [4.78, 5) is 11.8. The van der Waals surface area contributed by atoms with Crippen LogP contribution < -0.4 is 5.32 Å². The lowest BCUT2D eigenvalue weighted by molar-refractivity contribution is 0.102. The number of halogens is 4. The Balaban J connectivity index is 2.35. The molecule has 0 unspecified atom stereocenters. The van der Waals surface area contributed by atoms with E-state index in [1.807, 2.05) is 0 Å². The first-order valence-corrected chi connectivity index (χ1v) is 6.13. The second-order valence-electron chi connectivity index (χ2n) is 3.83. The average molecular weight is 346 g/mol. The second-order valence-corrected chi connectivity index (χ2v) is 4.69. The molecule has 7 heteroatoms. The third-order valence-electron chi connectivity index (χ3n) is 2.48. The van der Waals surface area contributed by atoms with Gasteiger partial charge in [-0.25, -0.2) is 13.2 Å². The SMILES string of the molecule is O=C(Nc1cc(Br)c(F)cc1F)c1c(O)cccc1F. The molecule has 0 saturated heterocycles. The smallest absolute Gasteiger partial charge is 0.262 e. The van der Waals surface area contributed by atoms with Crippen molar-refractivity contribution in [1.29, 1.82) is 0 Å². The number of carbonyl (C=O) groups is 1. The second kappa shape index (κ2) is 5.54. The van der Waals surface area contributed by atoms with Crippen molar-refractivity contribution in [1.82, 2.24) is 0 Å². The summed E-state index contributed by atoms with van der Waals surface area (Å²) < 4.78 is 39.9. The van der Waals surface area contributed by atoms with Gasteiger partial charge in [-0.15, -0.1) is 0 Å². The largest absolute Gasteiger partial charge is 0.507 e. The number of rotatable bonds is 2. The molecule has 3 nitrogen and oxygen atoms in total. The maximum Gasteiger partial charge on any atom is 0.262 e. The number of hydrogen-bond donors (Lipinski definition) is 2. The average Bonchev–Trinajstić information content (AvgIpc) is 2.35. The number of aromatic hydroxyl groups is 1. The highest BCUT2D eigenvalue weighted by Gasteiger charge is 2.18. The summed E-state index contributed by atoms with van der Waals surface area (Å²) in [6, 6.07) is 4.89. The van der Waals surface area contributed by atoms with Gasteiger partial charge in [-0.3, -0.25) is 4.79 Å². The minimum atomic E-state index is -1.04. The molecule has 0 bridgehead atoms. The Hall–Kier alpha value is -2.02. The summed E-state index contributed by atoms with van der Waals surface area (Å²) >= 11 is 2.84. The number of phenols is 1. The first-order chi connectivity index (χ1) is 9.40. The highest BCUT2D eigenvalue weighted by molar-refractivity contribution is 9.10. The minimum Gasteiger partial charge on any atom is -0.507 e. The molecule has 104 valence electrons. The summed E-state index contributed by atoms with van der Waals surface area (Å²) in [5.41, 5.74) is -0.960. The van der Waals surface area contributed by atoms with Crippen LogP contribution in [-0.2, 0) is 0 Å². The molecule has 2 N–H and O–H groups in total. The van der Waals surface area contributed by atoms with E-state index in [0.717, 1.165) is 18.2 Å². The summed E-state index contributed by atoms with van der Waals surface area (Å²) in [5, 5.41) is 11.5. The molecule has 0 fully saturated rings. The van der Waals surface area contributed by atoms with Gasteiger partial charge in [-0.2, -0.15) is 0 Å². The molecule has 0 spiro atoms. The molecule has 0 aliphatic rings. The van der Waals surface area contributed by atoms with E-state index in [1.54, 1.807) is 0 Å². The van der Waals surface area contributed by atoms with Crippen molar-refractivity contribution in [3.63, 3.8) is 0 Å². The van der Waals surface area contributed by atoms with Crippen LogP contribution in [-0.4, -0.2) is 11.0 Å². The van der Waals surface area contributed by atoms with Gasteiger partial charge in [0.25, 0.3) is 5.91 Å². The van der Waals surface area contributed by atoms with Gasteiger partial charge in [0.05, 0.1) is 10.2 Å². The van der Waals surface area contributed by atoms with E-state index in [1.165, 1.54) is 6.07 Å². The Morgan fingerprint density at radius 3 is 2.45 bits per heavy atom. The highest BCUT2D eigenvalue weighted by Crippen LogP contribution is 2.26. The van der Waals surface area contributed by atoms with Crippen molar-refractivity contribution in [2.75, 3.05) is 5.32 Å². The predicted molar refractivity (Wildman–Crippen MR) is 70.1 cm³/mol. The fraction of sp³-hybridized carbons (Fsp3) is 0. The van der Waals surface area contributed by atoms with Crippen LogP contribution in [0.15, 0.2) is 34.8 Å². The van der Waals surface area contributed by atoms with Gasteiger partial charge in [0.15, 0.2) is 0 Å². The van der Waals surface area contributed by atoms with Crippen LogP contribution in [0.3, 0.4) is 0 Å². The third kappa shape index (κ3) is 2.77. The molecule has 2 rings (SSSR count). The molecular formula is C13H7BrF3NO2. The minimum absolute atomic E-state index is 0.0630. The maximum atomic E-state index is 13.5. The topological polar surface area (TPSA) is 49.3 Å². The van der Waals surface area contributed by atoms with Crippen molar-refractivity contribution in [2.45, 2.75) is 0 Å². The van der Waals surface area contributed by atoms with Crippen LogP contribution in [0.5, 0.6) is 5.75 Å². The number of nitrogens with one attached hydrogen (secondary N) is 1. The van der Waals surface area contributed by atoms with E-state index in [2.05, 4.69) is 21.2 Å². The standard InChI is InChI=1S/C13H7BrF3NO2/c14-6-4-10(9(17)5-8(6)16)18-13(20)12-7(15)2-1-3-11(12)19/h1-5,19H,(H,18,20). The molecule has 0 atom stereocenters. The van der Waals surface area contributed by atoms with Gasteiger partial charge in [0, 0.05) is 6.07 Å². The Labute approximate surface area is 120 Å². The van der Waals surface area contributed by atoms with Crippen LogP contribution in [0, 0.1) is 17.5 Å². The molecule has 0 heterocycles. The van der Waals surface area contributed by atoms with Crippen molar-refractivity contribution in [3.8, 4) is 5.75 Å². The lowest BCUT2D eigenvalue weighted by Gasteiger charge is -2.09. The molecule has 0 aliphatic carbocycles. The number of phenolic OH excluding ortho intramolecular Hbond substituents is 1. The lowest BCUT2D eigenvalue weighted by Crippen LogP contribution is -2.15. The van der Waals surface area contributed by atoms with E-state index >= 15 is 0 Å². The van der Waals surface area contributed by atoms with Crippen molar-refractivity contribution in [3.05, 3.63) is 57.8 Å². The number of anilines is 1. The Bertz CT molecular complexity index is 671. The molecule has 2 aromatic rings. The van der Waals surface area contributed by atoms with Gasteiger partial charge >= 0.3 is 0 Å². The fourth-order valence-corrected chi connectivity index (χ4v) is 1.88. The molecule has 20 heavy (non-hydrogen) atoms. The zero-order valence-electron chi connectivity index (χ0n) is 9.75. The molecule has 0 aliphatic heterocycles. The zero-order chi connectivity index (χ0) is 14.9. The molecule has 2 aromatic carbocycles. The summed E-state index contributed by atoms with van der Waals surface area (Å²) in [6.45, 7) is 0. The van der Waals surface area contributed by atoms with E-state index in [0.29, 0.717) is 6.07 Å². The summed E-state index contributed by atoms with van der Waals surface area (Å²) in [6.07, 6.45) is 0. The summed E-state index contributed by atoms with van der Waals surface area (Å²) in [5.74, 6) is -4.43. The van der Waals surface area contributed by atoms with E-state index in [4.69, 9.17) is 0 Å². The fourth-order valence-electron chi connectivity index (χ4n) is 1.54. The van der Waals surface area contributed by atoms with E-state index in [9.17, 15) is 23.1 Å². The lowest BCUT2D eigenvalue weighted by atomic mass is 10.1. The number of benzene rings is 2. The number of carbonyl (C=O) groups excluding carboxylic acids is 1. The zero-order valence-corrected chi connectivity index (χ0v) is 11.3. The van der Waals surface area contributed by atoms with Crippen molar-refractivity contribution >= 4 is 27.5 Å². The molecule has 0 radical (unpaired) electrons. The van der Waals surface area contributed by atoms with Gasteiger partial charge in [0.2, 0.25) is 0 Å². The number of amides is 1. The monoisotopic (exact) mass is 345 g/mol. The normalized spacial score (nSPS) is 10.4. The molecular weight excluding hydrogens is 339 g/mol. The van der Waals surface area contributed by atoms with Crippen LogP contribution >= 0.6 is 15.9 Å². The van der Waals surface area contributed by atoms with Crippen molar-refractivity contribution < 1.29 is 23.1 Å². The first-order valence-electron chi connectivity index (χ1n) is 5.33. The molecule has 0 saturated carbocycles. The summed E-state index contributed by atoms with van der Waals surface area (Å²) in [7, 11) is 0. The molecule has 0 aromatic heterocycles. The van der Waals surface area contributed by atoms with Gasteiger partial charge < -0.3 is 10.4 Å². The molecule has 1 amide bonds.